The van der Waals surface area contributed by atoms with Gasteiger partial charge >= 0.3 is 0 Å². The van der Waals surface area contributed by atoms with Crippen LogP contribution in [0.25, 0.3) is 0 Å². The first-order valence-corrected chi connectivity index (χ1v) is 6.90. The van der Waals surface area contributed by atoms with Gasteiger partial charge in [0.2, 0.25) is 5.91 Å². The van der Waals surface area contributed by atoms with Crippen molar-refractivity contribution in [2.45, 2.75) is 31.2 Å². The molecule has 2 heterocycles. The van der Waals surface area contributed by atoms with Crippen LogP contribution >= 0.6 is 0 Å². The molecule has 0 radical (unpaired) electrons. The maximum Gasteiger partial charge on any atom is 0.223 e. The summed E-state index contributed by atoms with van der Waals surface area (Å²) in [6, 6.07) is 10.9. The molecule has 1 aromatic carbocycles. The van der Waals surface area contributed by atoms with Gasteiger partial charge in [0.15, 0.2) is 0 Å². The molecular weight excluding hydrogens is 224 g/mol. The monoisotopic (exact) mass is 244 g/mol. The summed E-state index contributed by atoms with van der Waals surface area (Å²) in [6.07, 6.45) is 2.90. The fraction of sp³-hybridized carbons (Fsp3) is 0.533. The fourth-order valence-electron chi connectivity index (χ4n) is 3.15. The molecule has 2 aliphatic rings. The molecule has 1 N–H and O–H groups in total. The van der Waals surface area contributed by atoms with Crippen LogP contribution in [-0.2, 0) is 4.79 Å². The summed E-state index contributed by atoms with van der Waals surface area (Å²) in [5.74, 6) is 0.740. The van der Waals surface area contributed by atoms with Crippen molar-refractivity contribution in [1.29, 1.82) is 0 Å². The predicted octanol–water partition coefficient (Wildman–Crippen LogP) is 1.75. The molecule has 2 aliphatic heterocycles. The molecule has 0 saturated carbocycles. The minimum atomic E-state index is 0.343. The van der Waals surface area contributed by atoms with E-state index in [0.717, 1.165) is 32.5 Å². The van der Waals surface area contributed by atoms with Crippen molar-refractivity contribution >= 4 is 5.91 Å². The molecule has 3 heteroatoms. The molecule has 96 valence electrons. The Bertz CT molecular complexity index is 412. The molecule has 0 spiro atoms. The largest absolute Gasteiger partial charge is 0.339 e. The number of amides is 1. The van der Waals surface area contributed by atoms with Crippen molar-refractivity contribution in [2.24, 2.45) is 0 Å². The van der Waals surface area contributed by atoms with E-state index in [1.54, 1.807) is 0 Å². The Kier molecular flexibility index (Phi) is 3.33. The van der Waals surface area contributed by atoms with Crippen LogP contribution in [0.3, 0.4) is 0 Å². The van der Waals surface area contributed by atoms with E-state index in [4.69, 9.17) is 0 Å². The van der Waals surface area contributed by atoms with Gasteiger partial charge in [-0.05, 0) is 31.5 Å². The third kappa shape index (κ3) is 2.27. The first-order valence-electron chi connectivity index (χ1n) is 6.90. The molecule has 0 aliphatic carbocycles. The van der Waals surface area contributed by atoms with Crippen molar-refractivity contribution in [1.82, 2.24) is 10.2 Å². The van der Waals surface area contributed by atoms with Crippen LogP contribution in [-0.4, -0.2) is 36.5 Å². The number of nitrogens with one attached hydrogen (secondary N) is 1. The number of carbonyl (C=O) groups is 1. The number of rotatable bonds is 2. The number of piperidine rings is 1. The van der Waals surface area contributed by atoms with Gasteiger partial charge in [-0.25, -0.2) is 0 Å². The molecule has 1 aromatic rings. The highest BCUT2D eigenvalue weighted by atomic mass is 16.2. The summed E-state index contributed by atoms with van der Waals surface area (Å²) in [5.41, 5.74) is 1.31. The van der Waals surface area contributed by atoms with Gasteiger partial charge in [0.05, 0.1) is 0 Å². The normalized spacial score (nSPS) is 25.7. The van der Waals surface area contributed by atoms with Gasteiger partial charge in [-0.15, -0.1) is 0 Å². The van der Waals surface area contributed by atoms with E-state index in [1.165, 1.54) is 5.56 Å². The van der Waals surface area contributed by atoms with E-state index >= 15 is 0 Å². The lowest BCUT2D eigenvalue weighted by molar-refractivity contribution is -0.130. The highest BCUT2D eigenvalue weighted by molar-refractivity contribution is 5.80. The van der Waals surface area contributed by atoms with Gasteiger partial charge in [-0.1, -0.05) is 30.3 Å². The van der Waals surface area contributed by atoms with Crippen molar-refractivity contribution < 1.29 is 4.79 Å². The maximum absolute atomic E-state index is 12.2. The Balaban J connectivity index is 1.70. The number of carbonyl (C=O) groups excluding carboxylic acids is 1. The third-order valence-electron chi connectivity index (χ3n) is 4.18. The minimum Gasteiger partial charge on any atom is -0.339 e. The molecule has 2 fully saturated rings. The van der Waals surface area contributed by atoms with Crippen LogP contribution < -0.4 is 5.32 Å². The van der Waals surface area contributed by atoms with E-state index in [-0.39, 0.29) is 0 Å². The number of hydrogen-bond acceptors (Lipinski definition) is 2. The second-order valence-electron chi connectivity index (χ2n) is 5.34. The Labute approximate surface area is 108 Å². The molecule has 3 nitrogen and oxygen atoms in total. The van der Waals surface area contributed by atoms with E-state index in [9.17, 15) is 4.79 Å². The van der Waals surface area contributed by atoms with Gasteiger partial charge in [0, 0.05) is 24.9 Å². The Morgan fingerprint density at radius 2 is 1.83 bits per heavy atom. The summed E-state index contributed by atoms with van der Waals surface area (Å²) < 4.78 is 0. The Morgan fingerprint density at radius 3 is 2.56 bits per heavy atom. The highest BCUT2D eigenvalue weighted by Crippen LogP contribution is 2.30. The first kappa shape index (κ1) is 11.7. The van der Waals surface area contributed by atoms with Crippen LogP contribution in [0.15, 0.2) is 30.3 Å². The second-order valence-corrected chi connectivity index (χ2v) is 5.34. The lowest BCUT2D eigenvalue weighted by atomic mass is 9.98. The fourth-order valence-corrected chi connectivity index (χ4v) is 3.15. The average Bonchev–Trinajstić information content (AvgIpc) is 2.83. The zero-order valence-corrected chi connectivity index (χ0v) is 10.6. The minimum absolute atomic E-state index is 0.343. The van der Waals surface area contributed by atoms with Crippen LogP contribution in [0.4, 0.5) is 0 Å². The topological polar surface area (TPSA) is 32.3 Å². The molecule has 1 amide bonds. The van der Waals surface area contributed by atoms with Crippen LogP contribution in [0.1, 0.15) is 30.7 Å². The van der Waals surface area contributed by atoms with Gasteiger partial charge in [-0.3, -0.25) is 4.79 Å². The van der Waals surface area contributed by atoms with Crippen molar-refractivity contribution in [3.8, 4) is 0 Å². The standard InChI is InChI=1S/C15H20N2O/c18-15-10-13(12-4-2-1-3-5-12)11-17(15)14-6-8-16-9-7-14/h1-5,13-14,16H,6-11H2. The molecule has 1 atom stereocenters. The number of likely N-dealkylation sites (tertiary alicyclic amines) is 1. The van der Waals surface area contributed by atoms with Crippen LogP contribution in [0.5, 0.6) is 0 Å². The molecule has 18 heavy (non-hydrogen) atoms. The highest BCUT2D eigenvalue weighted by Gasteiger charge is 2.35. The molecule has 1 unspecified atom stereocenters. The van der Waals surface area contributed by atoms with Gasteiger partial charge in [0.1, 0.15) is 0 Å². The van der Waals surface area contributed by atoms with Gasteiger partial charge < -0.3 is 10.2 Å². The predicted molar refractivity (Wildman–Crippen MR) is 71.4 cm³/mol. The Morgan fingerprint density at radius 1 is 1.11 bits per heavy atom. The van der Waals surface area contributed by atoms with Gasteiger partial charge in [0.25, 0.3) is 0 Å². The molecule has 2 saturated heterocycles. The van der Waals surface area contributed by atoms with Crippen LogP contribution in [0.2, 0.25) is 0 Å². The van der Waals surface area contributed by atoms with Crippen molar-refractivity contribution in [2.75, 3.05) is 19.6 Å². The maximum atomic E-state index is 12.2. The lowest BCUT2D eigenvalue weighted by Crippen LogP contribution is -2.43. The zero-order chi connectivity index (χ0) is 12.4. The van der Waals surface area contributed by atoms with E-state index in [2.05, 4.69) is 34.5 Å². The van der Waals surface area contributed by atoms with E-state index in [0.29, 0.717) is 24.3 Å². The van der Waals surface area contributed by atoms with Gasteiger partial charge in [-0.2, -0.15) is 0 Å². The van der Waals surface area contributed by atoms with Crippen molar-refractivity contribution in [3.63, 3.8) is 0 Å². The zero-order valence-electron chi connectivity index (χ0n) is 10.6. The van der Waals surface area contributed by atoms with Crippen molar-refractivity contribution in [3.05, 3.63) is 35.9 Å². The van der Waals surface area contributed by atoms with E-state index < -0.39 is 0 Å². The SMILES string of the molecule is O=C1CC(c2ccccc2)CN1C1CCNCC1. The smallest absolute Gasteiger partial charge is 0.223 e. The number of nitrogens with zero attached hydrogens (tertiary/aromatic N) is 1. The lowest BCUT2D eigenvalue weighted by Gasteiger charge is -2.31. The molecular formula is C15H20N2O. The molecule has 0 bridgehead atoms. The quantitative estimate of drug-likeness (QED) is 0.859. The molecule has 0 aromatic heterocycles. The average molecular weight is 244 g/mol. The molecule has 3 rings (SSSR count). The summed E-state index contributed by atoms with van der Waals surface area (Å²) in [7, 11) is 0. The Hall–Kier alpha value is -1.35. The summed E-state index contributed by atoms with van der Waals surface area (Å²) in [5, 5.41) is 3.36. The van der Waals surface area contributed by atoms with E-state index in [1.807, 2.05) is 6.07 Å². The summed E-state index contributed by atoms with van der Waals surface area (Å²) in [6.45, 7) is 3.00. The summed E-state index contributed by atoms with van der Waals surface area (Å²) >= 11 is 0. The number of benzene rings is 1. The number of hydrogen-bond donors (Lipinski definition) is 1. The third-order valence-corrected chi connectivity index (χ3v) is 4.18. The second kappa shape index (κ2) is 5.11. The summed E-state index contributed by atoms with van der Waals surface area (Å²) in [4.78, 5) is 14.3. The first-order chi connectivity index (χ1) is 8.84. The van der Waals surface area contributed by atoms with Crippen LogP contribution in [0, 0.1) is 0 Å².